The molecular formula is C14H18BrN3O. The lowest BCUT2D eigenvalue weighted by atomic mass is 10.1. The first kappa shape index (κ1) is 15.5. The number of nitriles is 1. The molecule has 0 fully saturated rings. The third-order valence-corrected chi connectivity index (χ3v) is 3.28. The summed E-state index contributed by atoms with van der Waals surface area (Å²) < 4.78 is 0.720. The summed E-state index contributed by atoms with van der Waals surface area (Å²) in [5.74, 6) is 0.255. The van der Waals surface area contributed by atoms with Crippen LogP contribution in [0.2, 0.25) is 0 Å². The fraction of sp³-hybridized carbons (Fsp3) is 0.429. The molecule has 1 aromatic carbocycles. The van der Waals surface area contributed by atoms with Gasteiger partial charge < -0.3 is 10.6 Å². The number of hydrogen-bond acceptors (Lipinski definition) is 3. The molecular weight excluding hydrogens is 306 g/mol. The fourth-order valence-electron chi connectivity index (χ4n) is 1.78. The first-order valence-corrected chi connectivity index (χ1v) is 6.96. The van der Waals surface area contributed by atoms with Crippen LogP contribution in [0.3, 0.4) is 0 Å². The minimum Gasteiger partial charge on any atom is -0.399 e. The maximum Gasteiger partial charge on any atom is 0.255 e. The van der Waals surface area contributed by atoms with Gasteiger partial charge in [-0.3, -0.25) is 4.79 Å². The van der Waals surface area contributed by atoms with E-state index in [4.69, 9.17) is 11.0 Å². The van der Waals surface area contributed by atoms with E-state index in [1.807, 2.05) is 13.8 Å². The van der Waals surface area contributed by atoms with Gasteiger partial charge in [-0.15, -0.1) is 0 Å². The lowest BCUT2D eigenvalue weighted by Crippen LogP contribution is -2.35. The average Bonchev–Trinajstić information content (AvgIpc) is 2.36. The quantitative estimate of drug-likeness (QED) is 0.846. The van der Waals surface area contributed by atoms with E-state index in [1.165, 1.54) is 0 Å². The van der Waals surface area contributed by atoms with E-state index in [-0.39, 0.29) is 5.91 Å². The number of halogens is 1. The van der Waals surface area contributed by atoms with Crippen molar-refractivity contribution in [2.45, 2.75) is 20.3 Å². The molecule has 0 aliphatic carbocycles. The van der Waals surface area contributed by atoms with Gasteiger partial charge in [0.1, 0.15) is 0 Å². The number of nitrogens with zero attached hydrogens (tertiary/aromatic N) is 2. The molecule has 0 spiro atoms. The van der Waals surface area contributed by atoms with Crippen LogP contribution in [0.5, 0.6) is 0 Å². The van der Waals surface area contributed by atoms with Crippen LogP contribution in [0, 0.1) is 17.2 Å². The fourth-order valence-corrected chi connectivity index (χ4v) is 2.19. The smallest absolute Gasteiger partial charge is 0.255 e. The second kappa shape index (κ2) is 7.15. The van der Waals surface area contributed by atoms with Gasteiger partial charge >= 0.3 is 0 Å². The highest BCUT2D eigenvalue weighted by molar-refractivity contribution is 9.10. The molecule has 102 valence electrons. The zero-order valence-corrected chi connectivity index (χ0v) is 12.8. The summed E-state index contributed by atoms with van der Waals surface area (Å²) in [5.41, 5.74) is 6.82. The summed E-state index contributed by atoms with van der Waals surface area (Å²) in [4.78, 5) is 14.2. The van der Waals surface area contributed by atoms with Gasteiger partial charge in [-0.25, -0.2) is 0 Å². The summed E-state index contributed by atoms with van der Waals surface area (Å²) >= 11 is 3.37. The standard InChI is InChI=1S/C14H18BrN3O/c1-10(2)9-18(7-3-6-16)14(19)12-8-11(17)4-5-13(12)15/h4-5,8,10H,3,7,9,17H2,1-2H3. The molecule has 5 heteroatoms. The maximum absolute atomic E-state index is 12.5. The van der Waals surface area contributed by atoms with Gasteiger partial charge in [0.15, 0.2) is 0 Å². The molecule has 0 saturated heterocycles. The Bertz CT molecular complexity index is 494. The van der Waals surface area contributed by atoms with E-state index >= 15 is 0 Å². The number of nitrogen functional groups attached to an aromatic ring is 1. The summed E-state index contributed by atoms with van der Waals surface area (Å²) in [6.45, 7) is 5.15. The van der Waals surface area contributed by atoms with Crippen molar-refractivity contribution in [1.82, 2.24) is 4.90 Å². The number of rotatable bonds is 5. The molecule has 0 aliphatic heterocycles. The first-order valence-electron chi connectivity index (χ1n) is 6.17. The summed E-state index contributed by atoms with van der Waals surface area (Å²) in [6.07, 6.45) is 0.332. The number of amides is 1. The normalized spacial score (nSPS) is 10.3. The van der Waals surface area contributed by atoms with Gasteiger partial charge in [0, 0.05) is 23.2 Å². The monoisotopic (exact) mass is 323 g/mol. The number of benzene rings is 1. The van der Waals surface area contributed by atoms with Crippen LogP contribution in [0.4, 0.5) is 5.69 Å². The van der Waals surface area contributed by atoms with Crippen molar-refractivity contribution in [3.63, 3.8) is 0 Å². The first-order chi connectivity index (χ1) is 8.95. The summed E-state index contributed by atoms with van der Waals surface area (Å²) in [5, 5.41) is 8.68. The molecule has 1 rings (SSSR count). The van der Waals surface area contributed by atoms with Crippen LogP contribution in [-0.2, 0) is 0 Å². The molecule has 19 heavy (non-hydrogen) atoms. The van der Waals surface area contributed by atoms with Crippen molar-refractivity contribution in [2.24, 2.45) is 5.92 Å². The Balaban J connectivity index is 2.97. The molecule has 0 aliphatic rings. The zero-order valence-electron chi connectivity index (χ0n) is 11.2. The molecule has 4 nitrogen and oxygen atoms in total. The Labute approximate surface area is 122 Å². The lowest BCUT2D eigenvalue weighted by molar-refractivity contribution is 0.0739. The Hall–Kier alpha value is -1.54. The topological polar surface area (TPSA) is 70.1 Å². The van der Waals surface area contributed by atoms with Gasteiger partial charge in [-0.2, -0.15) is 5.26 Å². The van der Waals surface area contributed by atoms with E-state index in [0.29, 0.717) is 36.7 Å². The van der Waals surface area contributed by atoms with Crippen molar-refractivity contribution in [1.29, 1.82) is 5.26 Å². The average molecular weight is 324 g/mol. The van der Waals surface area contributed by atoms with Crippen LogP contribution in [0.15, 0.2) is 22.7 Å². The molecule has 0 radical (unpaired) electrons. The van der Waals surface area contributed by atoms with Crippen LogP contribution in [0.25, 0.3) is 0 Å². The van der Waals surface area contributed by atoms with Crippen molar-refractivity contribution in [3.8, 4) is 6.07 Å². The number of carbonyl (C=O) groups excluding carboxylic acids is 1. The second-order valence-corrected chi connectivity index (χ2v) is 5.65. The molecule has 0 bridgehead atoms. The predicted octanol–water partition coefficient (Wildman–Crippen LogP) is 3.04. The van der Waals surface area contributed by atoms with E-state index in [2.05, 4.69) is 22.0 Å². The molecule has 0 aromatic heterocycles. The minimum absolute atomic E-state index is 0.0943. The van der Waals surface area contributed by atoms with E-state index in [0.717, 1.165) is 4.47 Å². The van der Waals surface area contributed by atoms with Crippen LogP contribution >= 0.6 is 15.9 Å². The lowest BCUT2D eigenvalue weighted by Gasteiger charge is -2.24. The molecule has 1 amide bonds. The Morgan fingerprint density at radius 1 is 1.53 bits per heavy atom. The van der Waals surface area contributed by atoms with Gasteiger partial charge in [-0.1, -0.05) is 13.8 Å². The van der Waals surface area contributed by atoms with Crippen LogP contribution in [-0.4, -0.2) is 23.9 Å². The second-order valence-electron chi connectivity index (χ2n) is 4.79. The minimum atomic E-state index is -0.0943. The molecule has 0 unspecified atom stereocenters. The highest BCUT2D eigenvalue weighted by atomic mass is 79.9. The van der Waals surface area contributed by atoms with E-state index in [9.17, 15) is 4.79 Å². The highest BCUT2D eigenvalue weighted by Crippen LogP contribution is 2.21. The largest absolute Gasteiger partial charge is 0.399 e. The van der Waals surface area contributed by atoms with Crippen molar-refractivity contribution < 1.29 is 4.79 Å². The third kappa shape index (κ3) is 4.56. The number of anilines is 1. The van der Waals surface area contributed by atoms with Crippen molar-refractivity contribution in [2.75, 3.05) is 18.8 Å². The third-order valence-electron chi connectivity index (χ3n) is 2.59. The van der Waals surface area contributed by atoms with Gasteiger partial charge in [0.2, 0.25) is 0 Å². The molecule has 1 aromatic rings. The SMILES string of the molecule is CC(C)CN(CCC#N)C(=O)c1cc(N)ccc1Br. The molecule has 0 saturated carbocycles. The number of carbonyl (C=O) groups is 1. The van der Waals surface area contributed by atoms with Crippen LogP contribution in [0.1, 0.15) is 30.6 Å². The highest BCUT2D eigenvalue weighted by Gasteiger charge is 2.19. The Morgan fingerprint density at radius 2 is 2.21 bits per heavy atom. The zero-order chi connectivity index (χ0) is 14.4. The van der Waals surface area contributed by atoms with Gasteiger partial charge in [0.05, 0.1) is 18.1 Å². The van der Waals surface area contributed by atoms with Gasteiger partial charge in [0.25, 0.3) is 5.91 Å². The van der Waals surface area contributed by atoms with Crippen molar-refractivity contribution in [3.05, 3.63) is 28.2 Å². The van der Waals surface area contributed by atoms with E-state index < -0.39 is 0 Å². The van der Waals surface area contributed by atoms with E-state index in [1.54, 1.807) is 23.1 Å². The van der Waals surface area contributed by atoms with Gasteiger partial charge in [-0.05, 0) is 40.0 Å². The maximum atomic E-state index is 12.5. The molecule has 0 heterocycles. The summed E-state index contributed by atoms with van der Waals surface area (Å²) in [6, 6.07) is 7.24. The number of nitrogens with two attached hydrogens (primary N) is 1. The predicted molar refractivity (Wildman–Crippen MR) is 79.5 cm³/mol. The Kier molecular flexibility index (Phi) is 5.84. The Morgan fingerprint density at radius 3 is 2.79 bits per heavy atom. The van der Waals surface area contributed by atoms with Crippen molar-refractivity contribution >= 4 is 27.5 Å². The molecule has 0 atom stereocenters. The van der Waals surface area contributed by atoms with Crippen LogP contribution < -0.4 is 5.73 Å². The molecule has 2 N–H and O–H groups in total. The summed E-state index contributed by atoms with van der Waals surface area (Å²) in [7, 11) is 0. The number of hydrogen-bond donors (Lipinski definition) is 1.